The number of thiazole rings is 1. The molecule has 20 heavy (non-hydrogen) atoms. The molecule has 0 unspecified atom stereocenters. The lowest BCUT2D eigenvalue weighted by Gasteiger charge is -2.16. The zero-order valence-electron chi connectivity index (χ0n) is 12.5. The van der Waals surface area contributed by atoms with Gasteiger partial charge in [0, 0.05) is 18.3 Å². The SMILES string of the molecule is CC(C)CNC(=O)CN(C)CCCc1nc(CCl)cs1. The van der Waals surface area contributed by atoms with Gasteiger partial charge in [-0.3, -0.25) is 9.69 Å². The minimum Gasteiger partial charge on any atom is -0.355 e. The third-order valence-corrected chi connectivity index (χ3v) is 4.02. The van der Waals surface area contributed by atoms with Crippen LogP contribution in [-0.2, 0) is 17.1 Å². The van der Waals surface area contributed by atoms with Gasteiger partial charge in [-0.15, -0.1) is 22.9 Å². The molecule has 0 aromatic carbocycles. The molecule has 0 fully saturated rings. The molecule has 0 saturated carbocycles. The Morgan fingerprint density at radius 2 is 2.30 bits per heavy atom. The molecular weight excluding hydrogens is 294 g/mol. The van der Waals surface area contributed by atoms with Crippen molar-refractivity contribution in [3.63, 3.8) is 0 Å². The van der Waals surface area contributed by atoms with E-state index >= 15 is 0 Å². The second-order valence-corrected chi connectivity index (χ2v) is 6.62. The zero-order chi connectivity index (χ0) is 15.0. The number of nitrogens with one attached hydrogen (secondary N) is 1. The average Bonchev–Trinajstić information content (AvgIpc) is 2.84. The lowest BCUT2D eigenvalue weighted by molar-refractivity contribution is -0.122. The number of rotatable bonds is 9. The molecule has 0 spiro atoms. The predicted octanol–water partition coefficient (Wildman–Crippen LogP) is 2.52. The van der Waals surface area contributed by atoms with Gasteiger partial charge in [-0.25, -0.2) is 4.98 Å². The number of alkyl halides is 1. The summed E-state index contributed by atoms with van der Waals surface area (Å²) >= 11 is 7.38. The number of aromatic nitrogens is 1. The van der Waals surface area contributed by atoms with Crippen LogP contribution in [0.3, 0.4) is 0 Å². The summed E-state index contributed by atoms with van der Waals surface area (Å²) in [5.41, 5.74) is 0.952. The van der Waals surface area contributed by atoms with Gasteiger partial charge in [0.15, 0.2) is 0 Å². The molecular formula is C14H24ClN3OS. The Balaban J connectivity index is 2.16. The summed E-state index contributed by atoms with van der Waals surface area (Å²) in [5, 5.41) is 6.06. The van der Waals surface area contributed by atoms with Crippen molar-refractivity contribution in [1.29, 1.82) is 0 Å². The monoisotopic (exact) mass is 317 g/mol. The van der Waals surface area contributed by atoms with Crippen molar-refractivity contribution >= 4 is 28.8 Å². The fraction of sp³-hybridized carbons (Fsp3) is 0.714. The molecule has 114 valence electrons. The van der Waals surface area contributed by atoms with Crippen molar-refractivity contribution in [2.24, 2.45) is 5.92 Å². The number of hydrogen-bond donors (Lipinski definition) is 1. The van der Waals surface area contributed by atoms with Crippen LogP contribution in [0, 0.1) is 5.92 Å². The molecule has 0 aliphatic heterocycles. The van der Waals surface area contributed by atoms with Crippen molar-refractivity contribution < 1.29 is 4.79 Å². The van der Waals surface area contributed by atoms with E-state index in [0.29, 0.717) is 18.3 Å². The van der Waals surface area contributed by atoms with Crippen molar-refractivity contribution in [3.05, 3.63) is 16.1 Å². The number of hydrogen-bond acceptors (Lipinski definition) is 4. The molecule has 0 bridgehead atoms. The molecule has 1 heterocycles. The fourth-order valence-electron chi connectivity index (χ4n) is 1.72. The van der Waals surface area contributed by atoms with Crippen LogP contribution in [0.4, 0.5) is 0 Å². The first-order valence-electron chi connectivity index (χ1n) is 6.95. The fourth-order valence-corrected chi connectivity index (χ4v) is 2.79. The maximum Gasteiger partial charge on any atom is 0.234 e. The highest BCUT2D eigenvalue weighted by Gasteiger charge is 2.07. The van der Waals surface area contributed by atoms with Crippen molar-refractivity contribution in [2.75, 3.05) is 26.7 Å². The summed E-state index contributed by atoms with van der Waals surface area (Å²) < 4.78 is 0. The number of likely N-dealkylation sites (N-methyl/N-ethyl adjacent to an activating group) is 1. The van der Waals surface area contributed by atoms with E-state index in [9.17, 15) is 4.79 Å². The minimum atomic E-state index is 0.0971. The van der Waals surface area contributed by atoms with E-state index in [0.717, 1.165) is 36.6 Å². The van der Waals surface area contributed by atoms with Crippen LogP contribution in [0.25, 0.3) is 0 Å². The maximum atomic E-state index is 11.7. The van der Waals surface area contributed by atoms with Gasteiger partial charge in [0.1, 0.15) is 0 Å². The van der Waals surface area contributed by atoms with Crippen LogP contribution in [0.1, 0.15) is 31.0 Å². The highest BCUT2D eigenvalue weighted by atomic mass is 35.5. The number of carbonyl (C=O) groups is 1. The van der Waals surface area contributed by atoms with Gasteiger partial charge >= 0.3 is 0 Å². The molecule has 6 heteroatoms. The summed E-state index contributed by atoms with van der Waals surface area (Å²) in [6, 6.07) is 0. The van der Waals surface area contributed by atoms with Crippen LogP contribution in [-0.4, -0.2) is 42.5 Å². The third kappa shape index (κ3) is 7.22. The van der Waals surface area contributed by atoms with Crippen LogP contribution >= 0.6 is 22.9 Å². The van der Waals surface area contributed by atoms with Crippen LogP contribution in [0.2, 0.25) is 0 Å². The number of nitrogens with zero attached hydrogens (tertiary/aromatic N) is 2. The largest absolute Gasteiger partial charge is 0.355 e. The molecule has 1 N–H and O–H groups in total. The molecule has 0 radical (unpaired) electrons. The van der Waals surface area contributed by atoms with Crippen molar-refractivity contribution in [1.82, 2.24) is 15.2 Å². The molecule has 0 aliphatic rings. The van der Waals surface area contributed by atoms with Gasteiger partial charge < -0.3 is 5.32 Å². The summed E-state index contributed by atoms with van der Waals surface area (Å²) in [4.78, 5) is 18.1. The Morgan fingerprint density at radius 1 is 1.55 bits per heavy atom. The van der Waals surface area contributed by atoms with Gasteiger partial charge in [0.05, 0.1) is 23.1 Å². The summed E-state index contributed by atoms with van der Waals surface area (Å²) in [6.45, 7) is 6.27. The Bertz CT molecular complexity index is 409. The van der Waals surface area contributed by atoms with Crippen LogP contribution in [0.5, 0.6) is 0 Å². The van der Waals surface area contributed by atoms with Gasteiger partial charge in [0.2, 0.25) is 5.91 Å². The first-order chi connectivity index (χ1) is 9.51. The molecule has 1 aromatic heterocycles. The number of carbonyl (C=O) groups excluding carboxylic acids is 1. The Hall–Kier alpha value is -0.650. The lowest BCUT2D eigenvalue weighted by atomic mass is 10.2. The predicted molar refractivity (Wildman–Crippen MR) is 85.3 cm³/mol. The Morgan fingerprint density at radius 3 is 2.90 bits per heavy atom. The zero-order valence-corrected chi connectivity index (χ0v) is 14.1. The molecule has 1 amide bonds. The van der Waals surface area contributed by atoms with E-state index in [-0.39, 0.29) is 5.91 Å². The minimum absolute atomic E-state index is 0.0971. The summed E-state index contributed by atoms with van der Waals surface area (Å²) in [6.07, 6.45) is 1.95. The number of aryl methyl sites for hydroxylation is 1. The second kappa shape index (κ2) is 9.32. The van der Waals surface area contributed by atoms with E-state index in [4.69, 9.17) is 11.6 Å². The molecule has 0 aliphatic carbocycles. The standard InChI is InChI=1S/C14H24ClN3OS/c1-11(2)8-16-13(19)9-18(3)6-4-5-14-17-12(7-15)10-20-14/h10-11H,4-9H2,1-3H3,(H,16,19). The Labute approximate surface area is 130 Å². The smallest absolute Gasteiger partial charge is 0.234 e. The molecule has 4 nitrogen and oxygen atoms in total. The van der Waals surface area contributed by atoms with E-state index < -0.39 is 0 Å². The summed E-state index contributed by atoms with van der Waals surface area (Å²) in [7, 11) is 1.97. The highest BCUT2D eigenvalue weighted by Crippen LogP contribution is 2.13. The first kappa shape index (κ1) is 17.4. The summed E-state index contributed by atoms with van der Waals surface area (Å²) in [5.74, 6) is 1.07. The molecule has 1 rings (SSSR count). The van der Waals surface area contributed by atoms with Gasteiger partial charge in [0.25, 0.3) is 0 Å². The van der Waals surface area contributed by atoms with Crippen molar-refractivity contribution in [3.8, 4) is 0 Å². The molecule has 0 atom stereocenters. The van der Waals surface area contributed by atoms with Gasteiger partial charge in [-0.1, -0.05) is 13.8 Å². The topological polar surface area (TPSA) is 45.2 Å². The van der Waals surface area contributed by atoms with E-state index in [2.05, 4.69) is 24.1 Å². The number of amides is 1. The quantitative estimate of drug-likeness (QED) is 0.712. The van der Waals surface area contributed by atoms with Gasteiger partial charge in [-0.05, 0) is 25.9 Å². The lowest BCUT2D eigenvalue weighted by Crippen LogP contribution is -2.37. The molecule has 0 saturated heterocycles. The maximum absolute atomic E-state index is 11.7. The third-order valence-electron chi connectivity index (χ3n) is 2.79. The number of halogens is 1. The Kier molecular flexibility index (Phi) is 8.11. The molecule has 1 aromatic rings. The van der Waals surface area contributed by atoms with Gasteiger partial charge in [-0.2, -0.15) is 0 Å². The average molecular weight is 318 g/mol. The second-order valence-electron chi connectivity index (χ2n) is 5.41. The van der Waals surface area contributed by atoms with Crippen LogP contribution < -0.4 is 5.32 Å². The van der Waals surface area contributed by atoms with Crippen molar-refractivity contribution in [2.45, 2.75) is 32.6 Å². The van der Waals surface area contributed by atoms with E-state index in [1.807, 2.05) is 17.3 Å². The normalized spacial score (nSPS) is 11.3. The highest BCUT2D eigenvalue weighted by molar-refractivity contribution is 7.09. The van der Waals surface area contributed by atoms with Crippen LogP contribution in [0.15, 0.2) is 5.38 Å². The first-order valence-corrected chi connectivity index (χ1v) is 8.37. The van der Waals surface area contributed by atoms with E-state index in [1.165, 1.54) is 0 Å². The van der Waals surface area contributed by atoms with E-state index in [1.54, 1.807) is 11.3 Å².